The Kier molecular flexibility index (Phi) is 44.3. The molecule has 4 N–H and O–H groups in total. The Labute approximate surface area is 370 Å². The van der Waals surface area contributed by atoms with E-state index in [-0.39, 0.29) is 13.2 Å². The maximum absolute atomic E-state index is 11.8. The molecule has 2 atom stereocenters. The third-order valence-electron chi connectivity index (χ3n) is 13.8. The van der Waals surface area contributed by atoms with Crippen LogP contribution < -0.4 is 0 Å². The van der Waals surface area contributed by atoms with Crippen molar-refractivity contribution in [2.45, 2.75) is 334 Å². The van der Waals surface area contributed by atoms with Crippen LogP contribution in [0.4, 0.5) is 0 Å². The summed E-state index contributed by atoms with van der Waals surface area (Å²) < 4.78 is 7.44. The van der Waals surface area contributed by atoms with Crippen LogP contribution >= 0.6 is 0 Å². The average molecular weight is 839 g/mol. The van der Waals surface area contributed by atoms with Crippen LogP contribution in [-0.2, 0) is 4.74 Å². The van der Waals surface area contributed by atoms with Gasteiger partial charge in [0.25, 0.3) is 0 Å². The Morgan fingerprint density at radius 1 is 0.271 bits per heavy atom. The quantitative estimate of drug-likeness (QED) is 0.0458. The van der Waals surface area contributed by atoms with Crippen molar-refractivity contribution < 1.29 is 25.2 Å². The van der Waals surface area contributed by atoms with Gasteiger partial charge in [0, 0.05) is 0 Å². The van der Waals surface area contributed by atoms with Crippen LogP contribution in [-0.4, -0.2) is 57.0 Å². The van der Waals surface area contributed by atoms with Gasteiger partial charge in [-0.25, -0.2) is 0 Å². The van der Waals surface area contributed by atoms with E-state index in [1.54, 1.807) is 0 Å². The van der Waals surface area contributed by atoms with E-state index in [9.17, 15) is 20.4 Å². The van der Waals surface area contributed by atoms with E-state index in [0.29, 0.717) is 25.7 Å². The molecule has 356 valence electrons. The van der Waals surface area contributed by atoms with Crippen LogP contribution in [0, 0.1) is 0 Å². The van der Waals surface area contributed by atoms with Crippen LogP contribution in [0.5, 0.6) is 0 Å². The van der Waals surface area contributed by atoms with E-state index < -0.39 is 23.4 Å². The molecule has 0 aliphatic heterocycles. The lowest BCUT2D eigenvalue weighted by molar-refractivity contribution is -0.253. The highest BCUT2D eigenvalue weighted by atomic mass is 16.6. The molecule has 0 aromatic heterocycles. The fourth-order valence-electron chi connectivity index (χ4n) is 9.64. The highest BCUT2D eigenvalue weighted by Gasteiger charge is 2.48. The number of aliphatic hydroxyl groups is 4. The summed E-state index contributed by atoms with van der Waals surface area (Å²) in [6, 6.07) is 0. The second-order valence-corrected chi connectivity index (χ2v) is 19.4. The molecule has 0 aliphatic carbocycles. The average Bonchev–Trinajstić information content (AvgIpc) is 3.25. The van der Waals surface area contributed by atoms with Gasteiger partial charge in [0.1, 0.15) is 12.2 Å². The van der Waals surface area contributed by atoms with Gasteiger partial charge in [0.15, 0.2) is 0 Å². The van der Waals surface area contributed by atoms with E-state index in [4.69, 9.17) is 4.74 Å². The van der Waals surface area contributed by atoms with Gasteiger partial charge in [-0.05, 0) is 25.7 Å². The molecule has 0 aliphatic rings. The second-order valence-electron chi connectivity index (χ2n) is 19.4. The number of aliphatic hydroxyl groups excluding tert-OH is 4. The van der Waals surface area contributed by atoms with Crippen LogP contribution in [0.25, 0.3) is 0 Å². The first-order valence-electron chi connectivity index (χ1n) is 27.2. The lowest BCUT2D eigenvalue weighted by atomic mass is 9.79. The highest BCUT2D eigenvalue weighted by molar-refractivity contribution is 4.97. The predicted octanol–water partition coefficient (Wildman–Crippen LogP) is 16.4. The van der Waals surface area contributed by atoms with Gasteiger partial charge < -0.3 is 25.2 Å². The van der Waals surface area contributed by atoms with E-state index in [1.807, 2.05) is 0 Å². The predicted molar refractivity (Wildman–Crippen MR) is 259 cm³/mol. The number of hydrogen-bond donors (Lipinski definition) is 4. The molecule has 0 fully saturated rings. The van der Waals surface area contributed by atoms with Crippen molar-refractivity contribution in [1.82, 2.24) is 0 Å². The van der Waals surface area contributed by atoms with Gasteiger partial charge in [-0.1, -0.05) is 285 Å². The van der Waals surface area contributed by atoms with Gasteiger partial charge in [-0.15, -0.1) is 0 Å². The molecule has 0 saturated carbocycles. The summed E-state index contributed by atoms with van der Waals surface area (Å²) >= 11 is 0. The Morgan fingerprint density at radius 2 is 0.424 bits per heavy atom. The third kappa shape index (κ3) is 33.0. The molecule has 0 saturated heterocycles. The molecule has 0 bridgehead atoms. The van der Waals surface area contributed by atoms with E-state index in [0.717, 1.165) is 51.4 Å². The monoisotopic (exact) mass is 839 g/mol. The summed E-state index contributed by atoms with van der Waals surface area (Å²) in [4.78, 5) is 0. The van der Waals surface area contributed by atoms with E-state index >= 15 is 0 Å². The summed E-state index contributed by atoms with van der Waals surface area (Å²) in [5.41, 5.74) is -1.86. The topological polar surface area (TPSA) is 90.2 Å². The molecule has 5 heteroatoms. The molecule has 0 amide bonds. The van der Waals surface area contributed by atoms with Crippen molar-refractivity contribution in [3.05, 3.63) is 0 Å². The normalized spacial score (nSPS) is 13.4. The van der Waals surface area contributed by atoms with Gasteiger partial charge in [0.05, 0.1) is 24.4 Å². The Morgan fingerprint density at radius 3 is 0.576 bits per heavy atom. The Bertz CT molecular complexity index is 692. The third-order valence-corrected chi connectivity index (χ3v) is 13.8. The SMILES string of the molecule is CCCCCCCCCCCCC(CCCCCCCCCCCC)(OC(CCCCCCCCCCCC)(CCCCCCCCCCCC)C(O)CO)C(O)CO. The smallest absolute Gasteiger partial charge is 0.106 e. The van der Waals surface area contributed by atoms with Gasteiger partial charge >= 0.3 is 0 Å². The van der Waals surface area contributed by atoms with Crippen molar-refractivity contribution in [2.75, 3.05) is 13.2 Å². The number of ether oxygens (including phenoxy) is 1. The van der Waals surface area contributed by atoms with Crippen LogP contribution in [0.3, 0.4) is 0 Å². The molecule has 0 heterocycles. The van der Waals surface area contributed by atoms with Gasteiger partial charge in [-0.3, -0.25) is 0 Å². The summed E-state index contributed by atoms with van der Waals surface area (Å²) in [5.74, 6) is 0. The minimum Gasteiger partial charge on any atom is -0.394 e. The summed E-state index contributed by atoms with van der Waals surface area (Å²) in [6.07, 6.45) is 50.6. The maximum Gasteiger partial charge on any atom is 0.106 e. The number of unbranched alkanes of at least 4 members (excludes halogenated alkanes) is 36. The zero-order valence-corrected chi connectivity index (χ0v) is 40.9. The fraction of sp³-hybridized carbons (Fsp3) is 1.00. The molecule has 59 heavy (non-hydrogen) atoms. The van der Waals surface area contributed by atoms with Crippen LogP contribution in [0.1, 0.15) is 310 Å². The molecular weight excluding hydrogens is 729 g/mol. The standard InChI is InChI=1S/C54H110O5/c1-5-9-13-17-21-25-29-33-37-41-45-53(51(57)49-55,46-42-38-34-30-26-22-18-14-10-6-2)59-54(52(58)50-56,47-43-39-35-31-27-23-19-15-11-7-3)48-44-40-36-32-28-24-20-16-12-8-4/h51-52,55-58H,5-50H2,1-4H3. The summed E-state index contributed by atoms with van der Waals surface area (Å²) in [7, 11) is 0. The van der Waals surface area contributed by atoms with Gasteiger partial charge in [0.2, 0.25) is 0 Å². The molecule has 0 spiro atoms. The molecule has 0 aromatic carbocycles. The maximum atomic E-state index is 11.8. The summed E-state index contributed by atoms with van der Waals surface area (Å²) in [5, 5.41) is 45.0. The molecule has 0 aromatic rings. The lowest BCUT2D eigenvalue weighted by Gasteiger charge is -2.48. The van der Waals surface area contributed by atoms with Crippen molar-refractivity contribution in [3.8, 4) is 0 Å². The Balaban J connectivity index is 5.95. The first kappa shape index (κ1) is 58.8. The Hall–Kier alpha value is -0.200. The number of hydrogen-bond acceptors (Lipinski definition) is 5. The minimum absolute atomic E-state index is 0.336. The van der Waals surface area contributed by atoms with Crippen LogP contribution in [0.2, 0.25) is 0 Å². The van der Waals surface area contributed by atoms with Crippen molar-refractivity contribution in [3.63, 3.8) is 0 Å². The molecule has 5 nitrogen and oxygen atoms in total. The summed E-state index contributed by atoms with van der Waals surface area (Å²) in [6.45, 7) is 8.43. The van der Waals surface area contributed by atoms with Crippen LogP contribution in [0.15, 0.2) is 0 Å². The fourth-order valence-corrected chi connectivity index (χ4v) is 9.64. The van der Waals surface area contributed by atoms with Gasteiger partial charge in [-0.2, -0.15) is 0 Å². The molecular formula is C54H110O5. The first-order chi connectivity index (χ1) is 28.9. The first-order valence-corrected chi connectivity index (χ1v) is 27.2. The molecule has 0 rings (SSSR count). The van der Waals surface area contributed by atoms with E-state index in [1.165, 1.54) is 205 Å². The van der Waals surface area contributed by atoms with Crippen molar-refractivity contribution in [1.29, 1.82) is 0 Å². The molecule has 2 unspecified atom stereocenters. The van der Waals surface area contributed by atoms with E-state index in [2.05, 4.69) is 27.7 Å². The van der Waals surface area contributed by atoms with Crippen molar-refractivity contribution in [2.24, 2.45) is 0 Å². The minimum atomic E-state index is -1.01. The number of rotatable bonds is 50. The molecule has 0 radical (unpaired) electrons. The highest BCUT2D eigenvalue weighted by Crippen LogP contribution is 2.41. The lowest BCUT2D eigenvalue weighted by Crippen LogP contribution is -2.58. The van der Waals surface area contributed by atoms with Crippen molar-refractivity contribution >= 4 is 0 Å². The second kappa shape index (κ2) is 44.4. The largest absolute Gasteiger partial charge is 0.394 e. The zero-order chi connectivity index (χ0) is 43.4. The zero-order valence-electron chi connectivity index (χ0n) is 40.9.